The van der Waals surface area contributed by atoms with Gasteiger partial charge in [-0.3, -0.25) is 0 Å². The van der Waals surface area contributed by atoms with Crippen LogP contribution in [0.5, 0.6) is 5.75 Å². The van der Waals surface area contributed by atoms with Gasteiger partial charge in [0.2, 0.25) is 0 Å². The van der Waals surface area contributed by atoms with Crippen LogP contribution in [0, 0.1) is 11.8 Å². The number of ether oxygens (including phenoxy) is 3. The van der Waals surface area contributed by atoms with E-state index in [1.807, 2.05) is 49.4 Å². The van der Waals surface area contributed by atoms with Crippen LogP contribution in [0.2, 0.25) is 0 Å². The third-order valence-corrected chi connectivity index (χ3v) is 4.78. The summed E-state index contributed by atoms with van der Waals surface area (Å²) in [5.41, 5.74) is 2.22. The zero-order chi connectivity index (χ0) is 20.4. The Hall–Kier alpha value is -1.88. The van der Waals surface area contributed by atoms with E-state index in [4.69, 9.17) is 14.2 Å². The lowest BCUT2D eigenvalue weighted by Crippen LogP contribution is -2.42. The second-order valence-electron chi connectivity index (χ2n) is 7.67. The topological polar surface area (TPSA) is 50.8 Å². The van der Waals surface area contributed by atoms with Crippen LogP contribution in [0.3, 0.4) is 0 Å². The SMILES string of the molecule is COc1ccc(CO[C@@H](C)[C@H](OCC(C)C)[C@H](C[O-])Cc2ccccc2)cc1. The molecule has 0 heterocycles. The van der Waals surface area contributed by atoms with Gasteiger partial charge in [-0.25, -0.2) is 0 Å². The summed E-state index contributed by atoms with van der Waals surface area (Å²) in [6.45, 7) is 7.14. The summed E-state index contributed by atoms with van der Waals surface area (Å²) in [4.78, 5) is 0. The van der Waals surface area contributed by atoms with Crippen molar-refractivity contribution in [3.63, 3.8) is 0 Å². The van der Waals surface area contributed by atoms with Crippen LogP contribution in [-0.4, -0.2) is 32.5 Å². The third kappa shape index (κ3) is 7.27. The van der Waals surface area contributed by atoms with E-state index in [9.17, 15) is 5.11 Å². The van der Waals surface area contributed by atoms with Crippen molar-refractivity contribution in [2.75, 3.05) is 20.3 Å². The molecule has 2 aromatic rings. The minimum absolute atomic E-state index is 0.132. The van der Waals surface area contributed by atoms with Crippen molar-refractivity contribution in [1.29, 1.82) is 0 Å². The number of hydrogen-bond donors (Lipinski definition) is 0. The highest BCUT2D eigenvalue weighted by molar-refractivity contribution is 5.26. The molecule has 0 radical (unpaired) electrons. The molecule has 0 aliphatic heterocycles. The molecule has 0 spiro atoms. The Balaban J connectivity index is 2.03. The van der Waals surface area contributed by atoms with Gasteiger partial charge in [-0.2, -0.15) is 0 Å². The van der Waals surface area contributed by atoms with Crippen LogP contribution < -0.4 is 9.84 Å². The average Bonchev–Trinajstić information content (AvgIpc) is 2.72. The maximum atomic E-state index is 12.0. The molecule has 0 N–H and O–H groups in total. The lowest BCUT2D eigenvalue weighted by Gasteiger charge is -2.34. The number of benzene rings is 2. The average molecular weight is 386 g/mol. The van der Waals surface area contributed by atoms with Crippen molar-refractivity contribution < 1.29 is 19.3 Å². The summed E-state index contributed by atoms with van der Waals surface area (Å²) in [5, 5.41) is 12.0. The Bertz CT molecular complexity index is 654. The largest absolute Gasteiger partial charge is 0.854 e. The normalized spacial score (nSPS) is 14.6. The molecule has 3 atom stereocenters. The highest BCUT2D eigenvalue weighted by atomic mass is 16.5. The summed E-state index contributed by atoms with van der Waals surface area (Å²) in [7, 11) is 1.65. The van der Waals surface area contributed by atoms with Crippen molar-refractivity contribution in [3.05, 3.63) is 65.7 Å². The van der Waals surface area contributed by atoms with Gasteiger partial charge in [0.25, 0.3) is 0 Å². The molecule has 4 heteroatoms. The van der Waals surface area contributed by atoms with Gasteiger partial charge in [0.05, 0.1) is 25.9 Å². The third-order valence-electron chi connectivity index (χ3n) is 4.78. The molecule has 0 amide bonds. The van der Waals surface area contributed by atoms with Gasteiger partial charge in [0.1, 0.15) is 5.75 Å². The summed E-state index contributed by atoms with van der Waals surface area (Å²) >= 11 is 0. The summed E-state index contributed by atoms with van der Waals surface area (Å²) in [5.74, 6) is 1.09. The molecule has 0 aliphatic carbocycles. The molecule has 0 saturated carbocycles. The van der Waals surface area contributed by atoms with E-state index in [-0.39, 0.29) is 24.7 Å². The molecule has 28 heavy (non-hydrogen) atoms. The second kappa shape index (κ2) is 11.8. The highest BCUT2D eigenvalue weighted by Crippen LogP contribution is 2.21. The van der Waals surface area contributed by atoms with Crippen molar-refractivity contribution in [3.8, 4) is 5.75 Å². The van der Waals surface area contributed by atoms with Crippen LogP contribution in [0.4, 0.5) is 0 Å². The van der Waals surface area contributed by atoms with Crippen LogP contribution >= 0.6 is 0 Å². The summed E-state index contributed by atoms with van der Waals surface area (Å²) in [6, 6.07) is 17.9. The van der Waals surface area contributed by atoms with E-state index >= 15 is 0 Å². The molecule has 0 bridgehead atoms. The van der Waals surface area contributed by atoms with E-state index < -0.39 is 0 Å². The Morgan fingerprint density at radius 1 is 0.857 bits per heavy atom. The van der Waals surface area contributed by atoms with Gasteiger partial charge in [-0.1, -0.05) is 56.3 Å². The lowest BCUT2D eigenvalue weighted by atomic mass is 9.91. The van der Waals surface area contributed by atoms with Gasteiger partial charge in [0.15, 0.2) is 0 Å². The molecule has 0 aliphatic rings. The fourth-order valence-corrected chi connectivity index (χ4v) is 3.19. The quantitative estimate of drug-likeness (QED) is 0.557. The van der Waals surface area contributed by atoms with Crippen molar-refractivity contribution >= 4 is 0 Å². The predicted molar refractivity (Wildman–Crippen MR) is 110 cm³/mol. The smallest absolute Gasteiger partial charge is 0.118 e. The molecule has 0 saturated heterocycles. The van der Waals surface area contributed by atoms with Gasteiger partial charge < -0.3 is 19.3 Å². The van der Waals surface area contributed by atoms with Crippen LogP contribution in [0.25, 0.3) is 0 Å². The van der Waals surface area contributed by atoms with Gasteiger partial charge in [0, 0.05) is 6.61 Å². The zero-order valence-electron chi connectivity index (χ0n) is 17.5. The van der Waals surface area contributed by atoms with Crippen LogP contribution in [0.15, 0.2) is 54.6 Å². The molecule has 2 rings (SSSR count). The molecule has 2 aromatic carbocycles. The number of hydrogen-bond acceptors (Lipinski definition) is 4. The molecular formula is C24H33O4-. The van der Waals surface area contributed by atoms with E-state index in [1.54, 1.807) is 7.11 Å². The lowest BCUT2D eigenvalue weighted by molar-refractivity contribution is -0.385. The number of methoxy groups -OCH3 is 1. The van der Waals surface area contributed by atoms with Crippen molar-refractivity contribution in [2.45, 2.75) is 46.0 Å². The van der Waals surface area contributed by atoms with E-state index in [0.29, 0.717) is 25.6 Å². The highest BCUT2D eigenvalue weighted by Gasteiger charge is 2.26. The molecule has 154 valence electrons. The number of rotatable bonds is 12. The first-order valence-electron chi connectivity index (χ1n) is 10.0. The molecule has 0 aromatic heterocycles. The van der Waals surface area contributed by atoms with Gasteiger partial charge >= 0.3 is 0 Å². The summed E-state index contributed by atoms with van der Waals surface area (Å²) in [6.07, 6.45) is 0.283. The predicted octanol–water partition coefficient (Wildman–Crippen LogP) is 3.86. The maximum absolute atomic E-state index is 12.0. The maximum Gasteiger partial charge on any atom is 0.118 e. The Kier molecular flexibility index (Phi) is 9.48. The first-order valence-corrected chi connectivity index (χ1v) is 10.0. The fourth-order valence-electron chi connectivity index (χ4n) is 3.19. The van der Waals surface area contributed by atoms with Gasteiger partial charge in [-0.05, 0) is 48.4 Å². The fraction of sp³-hybridized carbons (Fsp3) is 0.500. The van der Waals surface area contributed by atoms with Crippen LogP contribution in [-0.2, 0) is 22.5 Å². The first kappa shape index (κ1) is 22.4. The van der Waals surface area contributed by atoms with Crippen LogP contribution in [0.1, 0.15) is 31.9 Å². The van der Waals surface area contributed by atoms with Crippen molar-refractivity contribution in [1.82, 2.24) is 0 Å². The van der Waals surface area contributed by atoms with E-state index in [2.05, 4.69) is 26.0 Å². The summed E-state index contributed by atoms with van der Waals surface area (Å²) < 4.78 is 17.5. The first-order chi connectivity index (χ1) is 13.5. The van der Waals surface area contributed by atoms with Crippen molar-refractivity contribution in [2.24, 2.45) is 11.8 Å². The zero-order valence-corrected chi connectivity index (χ0v) is 17.5. The Morgan fingerprint density at radius 2 is 1.54 bits per heavy atom. The standard InChI is InChI=1S/C24H33O4/c1-18(2)16-28-24(22(15-25)14-20-8-6-5-7-9-20)19(3)27-17-21-10-12-23(26-4)13-11-21/h5-13,18-19,22,24H,14-17H2,1-4H3/q-1/t19-,22-,24-/m0/s1. The van der Waals surface area contributed by atoms with Gasteiger partial charge in [-0.15, -0.1) is 6.61 Å². The monoisotopic (exact) mass is 385 g/mol. The minimum Gasteiger partial charge on any atom is -0.854 e. The Morgan fingerprint density at radius 3 is 2.11 bits per heavy atom. The molecule has 0 fully saturated rings. The van der Waals surface area contributed by atoms with E-state index in [1.165, 1.54) is 0 Å². The second-order valence-corrected chi connectivity index (χ2v) is 7.67. The van der Waals surface area contributed by atoms with E-state index in [0.717, 1.165) is 16.9 Å². The molecule has 4 nitrogen and oxygen atoms in total. The molecule has 0 unspecified atom stereocenters. The Labute approximate surface area is 169 Å². The minimum atomic E-state index is -0.238. The molecular weight excluding hydrogens is 352 g/mol.